The number of carbonyl (C=O) groups excluding carboxylic acids is 1. The van der Waals surface area contributed by atoms with Gasteiger partial charge in [0.2, 0.25) is 5.95 Å². The Bertz CT molecular complexity index is 1080. The number of aliphatic hydroxyl groups excluding tert-OH is 2. The molecule has 0 radical (unpaired) electrons. The van der Waals surface area contributed by atoms with Crippen molar-refractivity contribution < 1.29 is 15.0 Å². The summed E-state index contributed by atoms with van der Waals surface area (Å²) in [5, 5.41) is 27.6. The first kappa shape index (κ1) is 20.2. The van der Waals surface area contributed by atoms with Crippen molar-refractivity contribution in [1.82, 2.24) is 24.5 Å². The van der Waals surface area contributed by atoms with Gasteiger partial charge < -0.3 is 25.3 Å². The Hall–Kier alpha value is -2.76. The highest BCUT2D eigenvalue weighted by Gasteiger charge is 2.30. The Morgan fingerprint density at radius 1 is 1.19 bits per heavy atom. The summed E-state index contributed by atoms with van der Waals surface area (Å²) < 4.78 is 1.76. The van der Waals surface area contributed by atoms with Crippen LogP contribution in [0.3, 0.4) is 0 Å². The molecule has 164 valence electrons. The quantitative estimate of drug-likeness (QED) is 0.524. The molecule has 0 aliphatic carbocycles. The predicted octanol–water partition coefficient (Wildman–Crippen LogP) is 1.49. The monoisotopic (exact) mass is 443 g/mol. The summed E-state index contributed by atoms with van der Waals surface area (Å²) in [7, 11) is 0. The number of hydrogen-bond acceptors (Lipinski definition) is 9. The van der Waals surface area contributed by atoms with E-state index in [1.165, 1.54) is 11.3 Å². The van der Waals surface area contributed by atoms with Crippen LogP contribution in [0.1, 0.15) is 35.4 Å². The Balaban J connectivity index is 1.41. The molecule has 3 N–H and O–H groups in total. The van der Waals surface area contributed by atoms with Crippen LogP contribution < -0.4 is 10.2 Å². The summed E-state index contributed by atoms with van der Waals surface area (Å²) >= 11 is 1.27. The molecule has 31 heavy (non-hydrogen) atoms. The fourth-order valence-electron chi connectivity index (χ4n) is 4.39. The minimum Gasteiger partial charge on any atom is -0.394 e. The maximum absolute atomic E-state index is 12.8. The van der Waals surface area contributed by atoms with Gasteiger partial charge >= 0.3 is 0 Å². The number of anilines is 3. The summed E-state index contributed by atoms with van der Waals surface area (Å²) in [6, 6.07) is 3.71. The molecular weight excluding hydrogens is 418 g/mol. The van der Waals surface area contributed by atoms with Crippen LogP contribution >= 0.6 is 11.3 Å². The molecule has 2 aliphatic heterocycles. The molecule has 0 spiro atoms. The number of carbonyl (C=O) groups is 1. The van der Waals surface area contributed by atoms with Crippen molar-refractivity contribution in [2.24, 2.45) is 0 Å². The second kappa shape index (κ2) is 8.40. The number of rotatable bonds is 6. The van der Waals surface area contributed by atoms with Gasteiger partial charge in [0, 0.05) is 19.3 Å². The van der Waals surface area contributed by atoms with Crippen molar-refractivity contribution >= 4 is 39.7 Å². The maximum Gasteiger partial charge on any atom is 0.265 e. The van der Waals surface area contributed by atoms with E-state index in [2.05, 4.69) is 15.4 Å². The van der Waals surface area contributed by atoms with Crippen molar-refractivity contribution in [1.29, 1.82) is 0 Å². The first-order chi connectivity index (χ1) is 15.2. The minimum atomic E-state index is -0.115. The van der Waals surface area contributed by atoms with E-state index in [9.17, 15) is 15.0 Å². The van der Waals surface area contributed by atoms with Crippen LogP contribution in [-0.2, 0) is 0 Å². The Kier molecular flexibility index (Phi) is 5.47. The number of aromatic nitrogens is 4. The van der Waals surface area contributed by atoms with E-state index in [4.69, 9.17) is 4.98 Å². The fourth-order valence-corrected chi connectivity index (χ4v) is 5.16. The molecule has 0 unspecified atom stereocenters. The summed E-state index contributed by atoms with van der Waals surface area (Å²) in [5.74, 6) is 1.06. The fraction of sp³-hybridized carbons (Fsp3) is 0.500. The molecule has 0 bridgehead atoms. The van der Waals surface area contributed by atoms with Crippen molar-refractivity contribution in [2.45, 2.75) is 37.8 Å². The molecule has 10 nitrogen and oxygen atoms in total. The number of nitrogens with zero attached hydrogens (tertiary/aromatic N) is 6. The molecule has 2 fully saturated rings. The van der Waals surface area contributed by atoms with Gasteiger partial charge in [-0.25, -0.2) is 9.50 Å². The molecule has 2 atom stereocenters. The van der Waals surface area contributed by atoms with Crippen LogP contribution in [-0.4, -0.2) is 79.0 Å². The molecule has 2 saturated heterocycles. The zero-order valence-corrected chi connectivity index (χ0v) is 17.8. The number of aliphatic hydroxyl groups is 2. The van der Waals surface area contributed by atoms with Crippen molar-refractivity contribution in [3.8, 4) is 0 Å². The second-order valence-electron chi connectivity index (χ2n) is 7.90. The summed E-state index contributed by atoms with van der Waals surface area (Å²) in [5.41, 5.74) is 0.798. The molecule has 3 aromatic rings. The van der Waals surface area contributed by atoms with E-state index in [0.717, 1.165) is 37.7 Å². The summed E-state index contributed by atoms with van der Waals surface area (Å²) in [4.78, 5) is 26.2. The van der Waals surface area contributed by atoms with Crippen LogP contribution in [0.2, 0.25) is 0 Å². The zero-order chi connectivity index (χ0) is 21.4. The van der Waals surface area contributed by atoms with Crippen LogP contribution in [0.5, 0.6) is 0 Å². The number of likely N-dealkylation sites (tertiary alicyclic amines) is 1. The third-order valence-electron chi connectivity index (χ3n) is 6.02. The average Bonchev–Trinajstić information content (AvgIpc) is 3.58. The third-order valence-corrected chi connectivity index (χ3v) is 6.92. The molecule has 0 saturated carbocycles. The summed E-state index contributed by atoms with van der Waals surface area (Å²) in [6.07, 6.45) is 7.06. The van der Waals surface area contributed by atoms with Crippen LogP contribution in [0, 0.1) is 0 Å². The Morgan fingerprint density at radius 3 is 2.84 bits per heavy atom. The van der Waals surface area contributed by atoms with E-state index in [-0.39, 0.29) is 31.2 Å². The van der Waals surface area contributed by atoms with Crippen LogP contribution in [0.25, 0.3) is 5.52 Å². The lowest BCUT2D eigenvalue weighted by molar-refractivity contribution is 0.0682. The molecule has 5 rings (SSSR count). The first-order valence-corrected chi connectivity index (χ1v) is 11.4. The normalized spacial score (nSPS) is 21.4. The molecular formula is C20H25N7O3S. The van der Waals surface area contributed by atoms with Crippen LogP contribution in [0.4, 0.5) is 16.9 Å². The van der Waals surface area contributed by atoms with Crippen molar-refractivity contribution in [3.05, 3.63) is 29.4 Å². The van der Waals surface area contributed by atoms with E-state index in [0.29, 0.717) is 28.3 Å². The third kappa shape index (κ3) is 3.73. The largest absolute Gasteiger partial charge is 0.394 e. The lowest BCUT2D eigenvalue weighted by Crippen LogP contribution is -2.37. The van der Waals surface area contributed by atoms with Gasteiger partial charge in [0.05, 0.1) is 31.5 Å². The van der Waals surface area contributed by atoms with Gasteiger partial charge in [0.25, 0.3) is 5.91 Å². The summed E-state index contributed by atoms with van der Waals surface area (Å²) in [6.45, 7) is 1.51. The van der Waals surface area contributed by atoms with Gasteiger partial charge in [-0.3, -0.25) is 4.79 Å². The SMILES string of the molecule is O=C(c1cnc(Nc2nc(N3CCC[C@H]3CO)nn3cccc23)s1)N1CCC[C@H]1CO. The van der Waals surface area contributed by atoms with E-state index < -0.39 is 0 Å². The highest BCUT2D eigenvalue weighted by atomic mass is 32.1. The number of nitrogens with one attached hydrogen (secondary N) is 1. The van der Waals surface area contributed by atoms with E-state index in [1.807, 2.05) is 23.2 Å². The standard InChI is InChI=1S/C20H25N7O3S/c28-11-13-4-1-7-25(13)18(30)16-10-21-20(31-16)23-17-15-6-3-9-27(15)24-19(22-17)26-8-2-5-14(26)12-29/h3,6,9-10,13-14,28-29H,1-2,4-5,7-8,11-12H2,(H,21,22,23,24)/t13-,14-/m0/s1. The highest BCUT2D eigenvalue weighted by molar-refractivity contribution is 7.17. The number of hydrogen-bond donors (Lipinski definition) is 3. The smallest absolute Gasteiger partial charge is 0.265 e. The Labute approximate surface area is 183 Å². The van der Waals surface area contributed by atoms with Crippen molar-refractivity contribution in [2.75, 3.05) is 36.5 Å². The first-order valence-electron chi connectivity index (χ1n) is 10.6. The van der Waals surface area contributed by atoms with Gasteiger partial charge in [-0.15, -0.1) is 5.10 Å². The maximum atomic E-state index is 12.8. The van der Waals surface area contributed by atoms with Crippen molar-refractivity contribution in [3.63, 3.8) is 0 Å². The van der Waals surface area contributed by atoms with Gasteiger partial charge in [-0.2, -0.15) is 4.98 Å². The molecule has 2 aliphatic rings. The zero-order valence-electron chi connectivity index (χ0n) is 17.0. The predicted molar refractivity (Wildman–Crippen MR) is 117 cm³/mol. The highest BCUT2D eigenvalue weighted by Crippen LogP contribution is 2.29. The van der Waals surface area contributed by atoms with Gasteiger partial charge in [-0.05, 0) is 37.8 Å². The molecule has 3 aromatic heterocycles. The minimum absolute atomic E-state index is 0.0170. The van der Waals surface area contributed by atoms with Gasteiger partial charge in [0.1, 0.15) is 10.4 Å². The molecule has 1 amide bonds. The van der Waals surface area contributed by atoms with E-state index in [1.54, 1.807) is 15.6 Å². The lowest BCUT2D eigenvalue weighted by Gasteiger charge is -2.23. The van der Waals surface area contributed by atoms with E-state index >= 15 is 0 Å². The topological polar surface area (TPSA) is 119 Å². The second-order valence-corrected chi connectivity index (χ2v) is 8.93. The average molecular weight is 444 g/mol. The molecule has 11 heteroatoms. The number of thiazole rings is 1. The number of fused-ring (bicyclic) bond motifs is 1. The van der Waals surface area contributed by atoms with Crippen LogP contribution in [0.15, 0.2) is 24.5 Å². The molecule has 5 heterocycles. The number of amides is 1. The Morgan fingerprint density at radius 2 is 2.00 bits per heavy atom. The van der Waals surface area contributed by atoms with Gasteiger partial charge in [0.15, 0.2) is 10.9 Å². The lowest BCUT2D eigenvalue weighted by atomic mass is 10.2. The molecule has 0 aromatic carbocycles. The van der Waals surface area contributed by atoms with Gasteiger partial charge in [-0.1, -0.05) is 11.3 Å².